The summed E-state index contributed by atoms with van der Waals surface area (Å²) < 4.78 is 15.3. The number of hydrogen-bond donors (Lipinski definition) is 0. The maximum Gasteiger partial charge on any atom is 0.225 e. The Morgan fingerprint density at radius 1 is 1.14 bits per heavy atom. The SMILES string of the molecule is CN1CCN(C(=O)C2CC2)C[C@@H]1c1nnn2cc(-c3cccc(F)c3)ccc12. The number of carbonyl (C=O) groups excluding carboxylic acids is 1. The normalized spacial score (nSPS) is 20.6. The van der Waals surface area contributed by atoms with Gasteiger partial charge in [0.2, 0.25) is 5.91 Å². The fraction of sp³-hybridized carbons (Fsp3) is 0.381. The Morgan fingerprint density at radius 3 is 2.79 bits per heavy atom. The summed E-state index contributed by atoms with van der Waals surface area (Å²) in [6.45, 7) is 2.24. The molecule has 1 saturated carbocycles. The zero-order chi connectivity index (χ0) is 19.3. The number of halogens is 1. The van der Waals surface area contributed by atoms with Crippen LogP contribution in [0.1, 0.15) is 24.6 Å². The van der Waals surface area contributed by atoms with Crippen LogP contribution in [0, 0.1) is 11.7 Å². The highest BCUT2D eigenvalue weighted by Gasteiger charge is 2.37. The highest BCUT2D eigenvalue weighted by Crippen LogP contribution is 2.34. The van der Waals surface area contributed by atoms with E-state index in [1.807, 2.05) is 29.3 Å². The zero-order valence-corrected chi connectivity index (χ0v) is 15.8. The topological polar surface area (TPSA) is 53.7 Å². The number of rotatable bonds is 3. The minimum absolute atomic E-state index is 0.0222. The maximum atomic E-state index is 13.5. The Hall–Kier alpha value is -2.80. The molecule has 6 nitrogen and oxygen atoms in total. The van der Waals surface area contributed by atoms with Gasteiger partial charge in [-0.05, 0) is 43.7 Å². The van der Waals surface area contributed by atoms with E-state index in [1.165, 1.54) is 12.1 Å². The van der Waals surface area contributed by atoms with Crippen molar-refractivity contribution in [1.29, 1.82) is 0 Å². The summed E-state index contributed by atoms with van der Waals surface area (Å²) in [5, 5.41) is 8.73. The first-order chi connectivity index (χ1) is 13.6. The van der Waals surface area contributed by atoms with Crippen LogP contribution < -0.4 is 0 Å². The fourth-order valence-electron chi connectivity index (χ4n) is 3.95. The average molecular weight is 379 g/mol. The fourth-order valence-corrected chi connectivity index (χ4v) is 3.95. The Balaban J connectivity index is 1.46. The van der Waals surface area contributed by atoms with Crippen molar-refractivity contribution in [3.8, 4) is 11.1 Å². The summed E-state index contributed by atoms with van der Waals surface area (Å²) in [5.74, 6) is 0.249. The molecule has 0 bridgehead atoms. The van der Waals surface area contributed by atoms with Crippen LogP contribution in [0.2, 0.25) is 0 Å². The molecule has 144 valence electrons. The van der Waals surface area contributed by atoms with E-state index in [0.29, 0.717) is 6.54 Å². The first-order valence-electron chi connectivity index (χ1n) is 9.70. The number of hydrogen-bond acceptors (Lipinski definition) is 4. The van der Waals surface area contributed by atoms with Gasteiger partial charge < -0.3 is 4.90 Å². The minimum atomic E-state index is -0.263. The number of amides is 1. The van der Waals surface area contributed by atoms with E-state index >= 15 is 0 Å². The molecule has 28 heavy (non-hydrogen) atoms. The van der Waals surface area contributed by atoms with E-state index in [-0.39, 0.29) is 23.7 Å². The van der Waals surface area contributed by atoms with Gasteiger partial charge >= 0.3 is 0 Å². The van der Waals surface area contributed by atoms with Crippen LogP contribution in [0.3, 0.4) is 0 Å². The summed E-state index contributed by atoms with van der Waals surface area (Å²) >= 11 is 0. The molecular formula is C21H22FN5O. The van der Waals surface area contributed by atoms with Crippen LogP contribution in [-0.4, -0.2) is 57.2 Å². The number of fused-ring (bicyclic) bond motifs is 1. The van der Waals surface area contributed by atoms with Gasteiger partial charge in [0.05, 0.1) is 11.6 Å². The lowest BCUT2D eigenvalue weighted by Gasteiger charge is -2.38. The van der Waals surface area contributed by atoms with Gasteiger partial charge in [-0.25, -0.2) is 8.91 Å². The molecule has 1 amide bonds. The van der Waals surface area contributed by atoms with Crippen LogP contribution in [0.5, 0.6) is 0 Å². The molecule has 1 aromatic carbocycles. The summed E-state index contributed by atoms with van der Waals surface area (Å²) in [4.78, 5) is 16.7. The number of nitrogens with zero attached hydrogens (tertiary/aromatic N) is 5. The number of pyridine rings is 1. The van der Waals surface area contributed by atoms with Crippen LogP contribution in [0.15, 0.2) is 42.6 Å². The second-order valence-electron chi connectivity index (χ2n) is 7.79. The van der Waals surface area contributed by atoms with Gasteiger partial charge in [0.25, 0.3) is 0 Å². The standard InChI is InChI=1S/C21H22FN5O/c1-25-9-10-26(21(28)14-5-6-14)13-19(25)20-18-8-7-16(12-27(18)24-23-20)15-3-2-4-17(22)11-15/h2-4,7-8,11-12,14,19H,5-6,9-10,13H2,1H3/t19-/m1/s1. The van der Waals surface area contributed by atoms with Crippen molar-refractivity contribution in [1.82, 2.24) is 24.6 Å². The largest absolute Gasteiger partial charge is 0.339 e. The van der Waals surface area contributed by atoms with Crippen molar-refractivity contribution in [2.45, 2.75) is 18.9 Å². The van der Waals surface area contributed by atoms with E-state index in [9.17, 15) is 9.18 Å². The van der Waals surface area contributed by atoms with Gasteiger partial charge in [-0.15, -0.1) is 5.10 Å². The minimum Gasteiger partial charge on any atom is -0.339 e. The van der Waals surface area contributed by atoms with E-state index in [2.05, 4.69) is 22.3 Å². The Kier molecular flexibility index (Phi) is 4.12. The van der Waals surface area contributed by atoms with Crippen molar-refractivity contribution >= 4 is 11.4 Å². The molecule has 2 aliphatic rings. The summed E-state index contributed by atoms with van der Waals surface area (Å²) in [6.07, 6.45) is 3.91. The van der Waals surface area contributed by atoms with E-state index in [0.717, 1.165) is 48.3 Å². The molecule has 1 atom stereocenters. The Bertz CT molecular complexity index is 1040. The van der Waals surface area contributed by atoms with Gasteiger partial charge in [0, 0.05) is 37.3 Å². The lowest BCUT2D eigenvalue weighted by atomic mass is 10.1. The van der Waals surface area contributed by atoms with Gasteiger partial charge in [-0.1, -0.05) is 23.4 Å². The highest BCUT2D eigenvalue weighted by molar-refractivity contribution is 5.81. The molecule has 0 N–H and O–H groups in total. The maximum absolute atomic E-state index is 13.5. The van der Waals surface area contributed by atoms with Crippen molar-refractivity contribution in [3.63, 3.8) is 0 Å². The predicted octanol–water partition coefficient (Wildman–Crippen LogP) is 2.76. The van der Waals surface area contributed by atoms with E-state index in [4.69, 9.17) is 0 Å². The molecular weight excluding hydrogens is 357 g/mol. The molecule has 1 aliphatic carbocycles. The third-order valence-electron chi connectivity index (χ3n) is 5.80. The number of piperazine rings is 1. The monoisotopic (exact) mass is 379 g/mol. The first kappa shape index (κ1) is 17.3. The van der Waals surface area contributed by atoms with Crippen LogP contribution >= 0.6 is 0 Å². The molecule has 0 radical (unpaired) electrons. The second kappa shape index (κ2) is 6.67. The number of aromatic nitrogens is 3. The van der Waals surface area contributed by atoms with Crippen molar-refractivity contribution < 1.29 is 9.18 Å². The average Bonchev–Trinajstić information content (AvgIpc) is 3.47. The third-order valence-corrected chi connectivity index (χ3v) is 5.80. The molecule has 1 aliphatic heterocycles. The molecule has 3 aromatic rings. The Labute approximate surface area is 162 Å². The first-order valence-corrected chi connectivity index (χ1v) is 9.70. The second-order valence-corrected chi connectivity index (χ2v) is 7.79. The molecule has 3 heterocycles. The summed E-state index contributed by atoms with van der Waals surface area (Å²) in [7, 11) is 2.07. The summed E-state index contributed by atoms with van der Waals surface area (Å²) in [6, 6.07) is 10.5. The zero-order valence-electron chi connectivity index (χ0n) is 15.8. The summed E-state index contributed by atoms with van der Waals surface area (Å²) in [5.41, 5.74) is 3.47. The highest BCUT2D eigenvalue weighted by atomic mass is 19.1. The van der Waals surface area contributed by atoms with E-state index < -0.39 is 0 Å². The van der Waals surface area contributed by atoms with Crippen molar-refractivity contribution in [3.05, 3.63) is 54.1 Å². The molecule has 0 unspecified atom stereocenters. The van der Waals surface area contributed by atoms with E-state index in [1.54, 1.807) is 10.6 Å². The predicted molar refractivity (Wildman–Crippen MR) is 103 cm³/mol. The van der Waals surface area contributed by atoms with Crippen LogP contribution in [0.25, 0.3) is 16.6 Å². The smallest absolute Gasteiger partial charge is 0.225 e. The molecule has 2 fully saturated rings. The van der Waals surface area contributed by atoms with Gasteiger partial charge in [0.15, 0.2) is 0 Å². The third kappa shape index (κ3) is 3.05. The molecule has 1 saturated heterocycles. The molecule has 0 spiro atoms. The lowest BCUT2D eigenvalue weighted by Crippen LogP contribution is -2.49. The number of likely N-dealkylation sites (N-methyl/N-ethyl adjacent to an activating group) is 1. The molecule has 5 rings (SSSR count). The lowest BCUT2D eigenvalue weighted by molar-refractivity contribution is -0.135. The number of benzene rings is 1. The van der Waals surface area contributed by atoms with Crippen LogP contribution in [0.4, 0.5) is 4.39 Å². The Morgan fingerprint density at radius 2 is 2.00 bits per heavy atom. The van der Waals surface area contributed by atoms with Crippen molar-refractivity contribution in [2.75, 3.05) is 26.7 Å². The number of carbonyl (C=O) groups is 1. The van der Waals surface area contributed by atoms with Crippen molar-refractivity contribution in [2.24, 2.45) is 5.92 Å². The van der Waals surface area contributed by atoms with Gasteiger partial charge in [-0.2, -0.15) is 0 Å². The van der Waals surface area contributed by atoms with Gasteiger partial charge in [0.1, 0.15) is 11.5 Å². The quantitative estimate of drug-likeness (QED) is 0.702. The van der Waals surface area contributed by atoms with Gasteiger partial charge in [-0.3, -0.25) is 9.69 Å². The molecule has 7 heteroatoms. The van der Waals surface area contributed by atoms with Crippen LogP contribution in [-0.2, 0) is 4.79 Å². The molecule has 2 aromatic heterocycles.